The first-order chi connectivity index (χ1) is 9.88. The number of hydrogen-bond acceptors (Lipinski definition) is 4. The summed E-state index contributed by atoms with van der Waals surface area (Å²) in [6.07, 6.45) is 0.856. The maximum Gasteiger partial charge on any atom is 0.319 e. The maximum atomic E-state index is 12.4. The number of rotatable bonds is 1. The van der Waals surface area contributed by atoms with Crippen molar-refractivity contribution in [3.63, 3.8) is 0 Å². The first-order valence-electron chi connectivity index (χ1n) is 6.96. The molecule has 2 rings (SSSR count). The second kappa shape index (κ2) is 6.28. The Balaban J connectivity index is 2.44. The Hall–Kier alpha value is -1.20. The lowest BCUT2D eigenvalue weighted by Gasteiger charge is -2.27. The summed E-state index contributed by atoms with van der Waals surface area (Å²) in [5.74, 6) is -0.745. The van der Waals surface area contributed by atoms with Crippen LogP contribution in [0.2, 0.25) is 0 Å². The highest BCUT2D eigenvalue weighted by atomic mass is 79.9. The summed E-state index contributed by atoms with van der Waals surface area (Å²) in [6.45, 7) is 1.56. The number of hydrogen-bond donors (Lipinski definition) is 1. The van der Waals surface area contributed by atoms with Gasteiger partial charge in [-0.25, -0.2) is 0 Å². The third-order valence-electron chi connectivity index (χ3n) is 4.17. The highest BCUT2D eigenvalue weighted by Gasteiger charge is 2.44. The van der Waals surface area contributed by atoms with Crippen molar-refractivity contribution >= 4 is 27.7 Å². The summed E-state index contributed by atoms with van der Waals surface area (Å²) in [5, 5.41) is 10.5. The Morgan fingerprint density at radius 2 is 2.14 bits per heavy atom. The van der Waals surface area contributed by atoms with E-state index in [0.29, 0.717) is 19.3 Å². The smallest absolute Gasteiger partial charge is 0.319 e. The summed E-state index contributed by atoms with van der Waals surface area (Å²) < 4.78 is 5.65. The monoisotopic (exact) mass is 354 g/mol. The van der Waals surface area contributed by atoms with Crippen LogP contribution < -0.4 is 0 Å². The van der Waals surface area contributed by atoms with Crippen LogP contribution in [0.4, 0.5) is 0 Å². The molecule has 1 aromatic rings. The van der Waals surface area contributed by atoms with E-state index < -0.39 is 17.5 Å². The number of ketones is 1. The molecule has 1 N–H and O–H groups in total. The number of carbonyl (C=O) groups is 2. The quantitative estimate of drug-likeness (QED) is 0.622. The normalized spacial score (nSPS) is 26.3. The van der Waals surface area contributed by atoms with E-state index in [9.17, 15) is 14.7 Å². The number of aliphatic hydroxyl groups excluding tert-OH is 1. The van der Waals surface area contributed by atoms with Crippen LogP contribution in [-0.4, -0.2) is 24.0 Å². The van der Waals surface area contributed by atoms with Crippen molar-refractivity contribution in [3.8, 4) is 0 Å². The topological polar surface area (TPSA) is 63.6 Å². The summed E-state index contributed by atoms with van der Waals surface area (Å²) >= 11 is 3.40. The number of carbonyl (C=O) groups excluding carboxylic acids is 2. The average Bonchev–Trinajstić information content (AvgIpc) is 2.50. The van der Waals surface area contributed by atoms with Crippen LogP contribution in [0.3, 0.4) is 0 Å². The van der Waals surface area contributed by atoms with E-state index in [1.165, 1.54) is 7.11 Å². The van der Waals surface area contributed by atoms with Gasteiger partial charge in [0.2, 0.25) is 0 Å². The molecule has 4 nitrogen and oxygen atoms in total. The molecule has 0 fully saturated rings. The molecule has 0 heterocycles. The summed E-state index contributed by atoms with van der Waals surface area (Å²) in [6, 6.07) is 5.73. The molecule has 5 heteroatoms. The van der Waals surface area contributed by atoms with Gasteiger partial charge in [0, 0.05) is 17.3 Å². The van der Waals surface area contributed by atoms with E-state index >= 15 is 0 Å². The van der Waals surface area contributed by atoms with Gasteiger partial charge in [-0.15, -0.1) is 0 Å². The summed E-state index contributed by atoms with van der Waals surface area (Å²) in [4.78, 5) is 24.4. The first kappa shape index (κ1) is 16.2. The lowest BCUT2D eigenvalue weighted by molar-refractivity contribution is -0.159. The Labute approximate surface area is 132 Å². The first-order valence-corrected chi connectivity index (χ1v) is 7.76. The van der Waals surface area contributed by atoms with Crippen molar-refractivity contribution in [1.29, 1.82) is 0 Å². The number of aryl methyl sites for hydroxylation is 1. The predicted octanol–water partition coefficient (Wildman–Crippen LogP) is 2.96. The molecule has 0 bridgehead atoms. The van der Waals surface area contributed by atoms with Gasteiger partial charge in [-0.2, -0.15) is 0 Å². The van der Waals surface area contributed by atoms with Crippen LogP contribution in [0.25, 0.3) is 0 Å². The Kier molecular flexibility index (Phi) is 4.84. The number of benzene rings is 1. The Morgan fingerprint density at radius 1 is 1.43 bits per heavy atom. The third-order valence-corrected chi connectivity index (χ3v) is 4.66. The molecule has 2 unspecified atom stereocenters. The van der Waals surface area contributed by atoms with Gasteiger partial charge in [0.15, 0.2) is 0 Å². The van der Waals surface area contributed by atoms with Crippen molar-refractivity contribution in [2.45, 2.75) is 38.7 Å². The van der Waals surface area contributed by atoms with Crippen molar-refractivity contribution in [2.75, 3.05) is 7.11 Å². The molecule has 1 aliphatic carbocycles. The summed E-state index contributed by atoms with van der Waals surface area (Å²) in [5.41, 5.74) is 0.500. The van der Waals surface area contributed by atoms with Gasteiger partial charge >= 0.3 is 5.97 Å². The standard InChI is InChI=1S/C16H19BrO4/c1-16(15(20)21-2)9-13(18)12-8-11(17)7-6-10(12)4-3-5-14(16)19/h6-8,13,18H,3-5,9H2,1-2H3. The maximum absolute atomic E-state index is 12.4. The minimum atomic E-state index is -1.29. The number of esters is 1. The lowest BCUT2D eigenvalue weighted by Crippen LogP contribution is -2.38. The predicted molar refractivity (Wildman–Crippen MR) is 81.8 cm³/mol. The van der Waals surface area contributed by atoms with E-state index in [1.807, 2.05) is 18.2 Å². The molecule has 0 spiro atoms. The molecule has 0 saturated carbocycles. The van der Waals surface area contributed by atoms with Crippen molar-refractivity contribution in [1.82, 2.24) is 0 Å². The minimum absolute atomic E-state index is 0.0436. The van der Waals surface area contributed by atoms with E-state index in [0.717, 1.165) is 15.6 Å². The van der Waals surface area contributed by atoms with Gasteiger partial charge in [-0.3, -0.25) is 9.59 Å². The molecule has 0 saturated heterocycles. The second-order valence-corrected chi connectivity index (χ2v) is 6.58. The third kappa shape index (κ3) is 3.19. The van der Waals surface area contributed by atoms with Gasteiger partial charge < -0.3 is 9.84 Å². The number of aliphatic hydroxyl groups is 1. The molecule has 1 aromatic carbocycles. The largest absolute Gasteiger partial charge is 0.468 e. The molecule has 0 amide bonds. The van der Waals surface area contributed by atoms with Gasteiger partial charge in [-0.05, 0) is 43.0 Å². The zero-order chi connectivity index (χ0) is 15.6. The molecular weight excluding hydrogens is 336 g/mol. The molecule has 0 aromatic heterocycles. The SMILES string of the molecule is COC(=O)C1(C)CC(O)c2cc(Br)ccc2CCCC1=O. The van der Waals surface area contributed by atoms with Gasteiger partial charge in [0.05, 0.1) is 13.2 Å². The zero-order valence-electron chi connectivity index (χ0n) is 12.2. The molecule has 0 aliphatic heterocycles. The molecular formula is C16H19BrO4. The van der Waals surface area contributed by atoms with Gasteiger partial charge in [-0.1, -0.05) is 22.0 Å². The number of halogens is 1. The van der Waals surface area contributed by atoms with Gasteiger partial charge in [0.1, 0.15) is 11.2 Å². The van der Waals surface area contributed by atoms with Crippen LogP contribution in [0, 0.1) is 5.41 Å². The van der Waals surface area contributed by atoms with Crippen molar-refractivity contribution in [3.05, 3.63) is 33.8 Å². The van der Waals surface area contributed by atoms with E-state index in [4.69, 9.17) is 4.74 Å². The Morgan fingerprint density at radius 3 is 2.81 bits per heavy atom. The van der Waals surface area contributed by atoms with Gasteiger partial charge in [0.25, 0.3) is 0 Å². The molecule has 114 valence electrons. The summed E-state index contributed by atoms with van der Waals surface area (Å²) in [7, 11) is 1.27. The molecule has 21 heavy (non-hydrogen) atoms. The average molecular weight is 355 g/mol. The molecule has 0 radical (unpaired) electrons. The second-order valence-electron chi connectivity index (χ2n) is 5.66. The number of ether oxygens (including phenoxy) is 1. The van der Waals surface area contributed by atoms with Crippen molar-refractivity contribution in [2.24, 2.45) is 5.41 Å². The fourth-order valence-electron chi connectivity index (χ4n) is 2.85. The van der Waals surface area contributed by atoms with E-state index in [2.05, 4.69) is 15.9 Å². The van der Waals surface area contributed by atoms with Crippen LogP contribution in [0.5, 0.6) is 0 Å². The highest BCUT2D eigenvalue weighted by molar-refractivity contribution is 9.10. The van der Waals surface area contributed by atoms with Crippen LogP contribution >= 0.6 is 15.9 Å². The number of fused-ring (bicyclic) bond motifs is 1. The van der Waals surface area contributed by atoms with Crippen molar-refractivity contribution < 1.29 is 19.4 Å². The van der Waals surface area contributed by atoms with Crippen LogP contribution in [-0.2, 0) is 20.7 Å². The fraction of sp³-hybridized carbons (Fsp3) is 0.500. The zero-order valence-corrected chi connectivity index (χ0v) is 13.8. The molecule has 2 atom stereocenters. The molecule has 1 aliphatic rings. The highest BCUT2D eigenvalue weighted by Crippen LogP contribution is 2.37. The number of methoxy groups -OCH3 is 1. The van der Waals surface area contributed by atoms with E-state index in [1.54, 1.807) is 6.92 Å². The lowest BCUT2D eigenvalue weighted by atomic mass is 9.78. The van der Waals surface area contributed by atoms with E-state index in [-0.39, 0.29) is 12.2 Å². The minimum Gasteiger partial charge on any atom is -0.468 e. The van der Waals surface area contributed by atoms with Crippen LogP contribution in [0.15, 0.2) is 22.7 Å². The fourth-order valence-corrected chi connectivity index (χ4v) is 3.23. The number of Topliss-reactive ketones (excluding diaryl/α,β-unsaturated/α-hetero) is 1. The van der Waals surface area contributed by atoms with Crippen LogP contribution in [0.1, 0.15) is 43.4 Å². The Bertz CT molecular complexity index is 569.